The van der Waals surface area contributed by atoms with Gasteiger partial charge in [-0.1, -0.05) is 39.0 Å². The van der Waals surface area contributed by atoms with E-state index in [1.807, 2.05) is 0 Å². The molecule has 3 nitrogen and oxygen atoms in total. The molecule has 0 aliphatic carbocycles. The van der Waals surface area contributed by atoms with Crippen molar-refractivity contribution in [2.75, 3.05) is 13.2 Å². The molecule has 1 atom stereocenters. The van der Waals surface area contributed by atoms with E-state index in [-0.39, 0.29) is 12.0 Å². The Hall–Kier alpha value is -0.570. The van der Waals surface area contributed by atoms with Crippen LogP contribution in [0.15, 0.2) is 0 Å². The molecule has 1 amide bonds. The molecule has 1 rings (SSSR count). The molecular weight excluding hydrogens is 178 g/mol. The number of epoxide rings is 1. The van der Waals surface area contributed by atoms with E-state index in [1.165, 1.54) is 32.1 Å². The maximum absolute atomic E-state index is 11.1. The van der Waals surface area contributed by atoms with Crippen LogP contribution < -0.4 is 5.32 Å². The Bertz CT molecular complexity index is 167. The highest BCUT2D eigenvalue weighted by atomic mass is 16.6. The van der Waals surface area contributed by atoms with Crippen LogP contribution in [0.1, 0.15) is 45.4 Å². The molecule has 0 aromatic heterocycles. The van der Waals surface area contributed by atoms with Crippen molar-refractivity contribution < 1.29 is 9.53 Å². The smallest absolute Gasteiger partial charge is 0.251 e. The summed E-state index contributed by atoms with van der Waals surface area (Å²) in [5.74, 6) is 0.0681. The van der Waals surface area contributed by atoms with Gasteiger partial charge in [-0.05, 0) is 6.42 Å². The number of carbonyl (C=O) groups is 1. The quantitative estimate of drug-likeness (QED) is 0.479. The molecule has 0 radical (unpaired) electrons. The fraction of sp³-hybridized carbons (Fsp3) is 0.909. The van der Waals surface area contributed by atoms with Gasteiger partial charge in [-0.25, -0.2) is 0 Å². The van der Waals surface area contributed by atoms with Crippen molar-refractivity contribution in [3.63, 3.8) is 0 Å². The first-order valence-electron chi connectivity index (χ1n) is 5.74. The fourth-order valence-corrected chi connectivity index (χ4v) is 1.43. The zero-order valence-corrected chi connectivity index (χ0v) is 9.05. The van der Waals surface area contributed by atoms with E-state index in [0.717, 1.165) is 13.0 Å². The molecule has 1 N–H and O–H groups in total. The molecule has 0 saturated carbocycles. The number of hydrogen-bond donors (Lipinski definition) is 1. The molecule has 14 heavy (non-hydrogen) atoms. The molecule has 1 aliphatic heterocycles. The van der Waals surface area contributed by atoms with Crippen LogP contribution in [0.2, 0.25) is 0 Å². The van der Waals surface area contributed by atoms with Gasteiger partial charge in [0.2, 0.25) is 0 Å². The normalized spacial score (nSPS) is 19.4. The molecule has 1 unspecified atom stereocenters. The van der Waals surface area contributed by atoms with Gasteiger partial charge in [0.15, 0.2) is 6.10 Å². The number of carbonyl (C=O) groups excluding carboxylic acids is 1. The van der Waals surface area contributed by atoms with Crippen LogP contribution in [0, 0.1) is 0 Å². The number of ether oxygens (including phenoxy) is 1. The summed E-state index contributed by atoms with van der Waals surface area (Å²) in [5, 5.41) is 2.87. The predicted octanol–water partition coefficient (Wildman–Crippen LogP) is 1.86. The zero-order valence-electron chi connectivity index (χ0n) is 9.05. The van der Waals surface area contributed by atoms with E-state index < -0.39 is 0 Å². The van der Waals surface area contributed by atoms with E-state index in [9.17, 15) is 4.79 Å². The second kappa shape index (κ2) is 6.82. The molecule has 0 aromatic rings. The van der Waals surface area contributed by atoms with Crippen LogP contribution >= 0.6 is 0 Å². The van der Waals surface area contributed by atoms with Gasteiger partial charge in [-0.15, -0.1) is 0 Å². The second-order valence-electron chi connectivity index (χ2n) is 3.88. The van der Waals surface area contributed by atoms with Crippen LogP contribution in [-0.2, 0) is 9.53 Å². The Labute approximate surface area is 86.2 Å². The summed E-state index contributed by atoms with van der Waals surface area (Å²) in [5.41, 5.74) is 0. The Balaban J connectivity index is 1.77. The minimum absolute atomic E-state index is 0.0681. The average Bonchev–Trinajstić information content (AvgIpc) is 2.99. The molecule has 0 aromatic carbocycles. The van der Waals surface area contributed by atoms with Crippen molar-refractivity contribution in [3.8, 4) is 0 Å². The molecule has 0 bridgehead atoms. The average molecular weight is 199 g/mol. The minimum Gasteiger partial charge on any atom is -0.363 e. The number of nitrogens with one attached hydrogen (secondary N) is 1. The summed E-state index contributed by atoms with van der Waals surface area (Å²) < 4.78 is 4.87. The van der Waals surface area contributed by atoms with Crippen molar-refractivity contribution >= 4 is 5.91 Å². The zero-order chi connectivity index (χ0) is 10.2. The van der Waals surface area contributed by atoms with Crippen molar-refractivity contribution in [2.24, 2.45) is 0 Å². The lowest BCUT2D eigenvalue weighted by Crippen LogP contribution is -2.28. The Kier molecular flexibility index (Phi) is 5.60. The summed E-state index contributed by atoms with van der Waals surface area (Å²) in [4.78, 5) is 11.1. The lowest BCUT2D eigenvalue weighted by Gasteiger charge is -2.02. The van der Waals surface area contributed by atoms with E-state index in [2.05, 4.69) is 12.2 Å². The van der Waals surface area contributed by atoms with Gasteiger partial charge < -0.3 is 10.1 Å². The molecule has 0 spiro atoms. The van der Waals surface area contributed by atoms with E-state index >= 15 is 0 Å². The first-order chi connectivity index (χ1) is 6.84. The third-order valence-corrected chi connectivity index (χ3v) is 2.46. The summed E-state index contributed by atoms with van der Waals surface area (Å²) >= 11 is 0. The van der Waals surface area contributed by atoms with Crippen molar-refractivity contribution in [2.45, 2.75) is 51.6 Å². The Morgan fingerprint density at radius 3 is 2.57 bits per heavy atom. The van der Waals surface area contributed by atoms with Crippen LogP contribution in [0.25, 0.3) is 0 Å². The Morgan fingerprint density at radius 2 is 1.93 bits per heavy atom. The van der Waals surface area contributed by atoms with Crippen LogP contribution in [0.5, 0.6) is 0 Å². The number of unbranched alkanes of at least 4 members (excludes halogenated alkanes) is 5. The van der Waals surface area contributed by atoms with Gasteiger partial charge in [0.05, 0.1) is 6.61 Å². The maximum Gasteiger partial charge on any atom is 0.251 e. The third-order valence-electron chi connectivity index (χ3n) is 2.46. The Morgan fingerprint density at radius 1 is 1.29 bits per heavy atom. The monoisotopic (exact) mass is 199 g/mol. The van der Waals surface area contributed by atoms with Crippen LogP contribution in [-0.4, -0.2) is 25.2 Å². The molecule has 1 heterocycles. The van der Waals surface area contributed by atoms with Gasteiger partial charge in [-0.3, -0.25) is 4.79 Å². The van der Waals surface area contributed by atoms with Gasteiger partial charge in [0, 0.05) is 6.54 Å². The highest BCUT2D eigenvalue weighted by molar-refractivity contribution is 5.82. The van der Waals surface area contributed by atoms with Crippen LogP contribution in [0.3, 0.4) is 0 Å². The first kappa shape index (κ1) is 11.5. The topological polar surface area (TPSA) is 41.6 Å². The summed E-state index contributed by atoms with van der Waals surface area (Å²) in [6.07, 6.45) is 7.45. The first-order valence-corrected chi connectivity index (χ1v) is 5.74. The highest BCUT2D eigenvalue weighted by Gasteiger charge is 2.30. The van der Waals surface area contributed by atoms with Crippen molar-refractivity contribution in [1.82, 2.24) is 5.32 Å². The van der Waals surface area contributed by atoms with Crippen LogP contribution in [0.4, 0.5) is 0 Å². The molecule has 3 heteroatoms. The highest BCUT2D eigenvalue weighted by Crippen LogP contribution is 2.08. The van der Waals surface area contributed by atoms with E-state index in [0.29, 0.717) is 6.61 Å². The standard InChI is InChI=1S/C11H21NO2/c1-2-3-4-5-6-7-8-12-11(13)10-9-14-10/h10H,2-9H2,1H3,(H,12,13). The number of amides is 1. The summed E-state index contributed by atoms with van der Waals surface area (Å²) in [6.45, 7) is 3.64. The van der Waals surface area contributed by atoms with Gasteiger partial charge in [-0.2, -0.15) is 0 Å². The largest absolute Gasteiger partial charge is 0.363 e. The predicted molar refractivity (Wildman–Crippen MR) is 56.1 cm³/mol. The third kappa shape index (κ3) is 5.22. The van der Waals surface area contributed by atoms with Crippen molar-refractivity contribution in [1.29, 1.82) is 0 Å². The van der Waals surface area contributed by atoms with Gasteiger partial charge in [0.25, 0.3) is 5.91 Å². The number of rotatable bonds is 8. The molecular formula is C11H21NO2. The summed E-state index contributed by atoms with van der Waals surface area (Å²) in [7, 11) is 0. The van der Waals surface area contributed by atoms with E-state index in [4.69, 9.17) is 4.74 Å². The lowest BCUT2D eigenvalue weighted by molar-refractivity contribution is -0.122. The lowest BCUT2D eigenvalue weighted by atomic mass is 10.1. The fourth-order valence-electron chi connectivity index (χ4n) is 1.43. The molecule has 1 fully saturated rings. The second-order valence-corrected chi connectivity index (χ2v) is 3.88. The van der Waals surface area contributed by atoms with Gasteiger partial charge in [0.1, 0.15) is 0 Å². The molecule has 1 saturated heterocycles. The van der Waals surface area contributed by atoms with Gasteiger partial charge >= 0.3 is 0 Å². The minimum atomic E-state index is -0.130. The number of hydrogen-bond acceptors (Lipinski definition) is 2. The molecule has 82 valence electrons. The summed E-state index contributed by atoms with van der Waals surface area (Å²) in [6, 6.07) is 0. The SMILES string of the molecule is CCCCCCCCNC(=O)C1CO1. The van der Waals surface area contributed by atoms with Crippen molar-refractivity contribution in [3.05, 3.63) is 0 Å². The maximum atomic E-state index is 11.1. The molecule has 1 aliphatic rings. The van der Waals surface area contributed by atoms with E-state index in [1.54, 1.807) is 0 Å².